The Hall–Kier alpha value is -1.61. The second-order valence-electron chi connectivity index (χ2n) is 5.10. The van der Waals surface area contributed by atoms with Crippen LogP contribution in [0, 0.1) is 6.92 Å². The average Bonchev–Trinajstić information content (AvgIpc) is 2.76. The van der Waals surface area contributed by atoms with Crippen molar-refractivity contribution in [2.45, 2.75) is 38.8 Å². The number of nitrogens with zero attached hydrogens (tertiary/aromatic N) is 2. The summed E-state index contributed by atoms with van der Waals surface area (Å²) in [6.45, 7) is 3.07. The maximum absolute atomic E-state index is 9.89. The average molecular weight is 242 g/mol. The van der Waals surface area contributed by atoms with Gasteiger partial charge in [0.25, 0.3) is 0 Å². The molecule has 0 spiro atoms. The van der Waals surface area contributed by atoms with Gasteiger partial charge < -0.3 is 9.67 Å². The fourth-order valence-corrected chi connectivity index (χ4v) is 2.52. The maximum atomic E-state index is 9.89. The lowest BCUT2D eigenvalue weighted by Gasteiger charge is -2.18. The zero-order valence-corrected chi connectivity index (χ0v) is 10.6. The molecule has 2 heterocycles. The molecule has 0 amide bonds. The second kappa shape index (κ2) is 4.58. The molecule has 1 aliphatic heterocycles. The largest absolute Gasteiger partial charge is 0.385 e. The van der Waals surface area contributed by atoms with E-state index < -0.39 is 0 Å². The van der Waals surface area contributed by atoms with Gasteiger partial charge in [-0.3, -0.25) is 0 Å². The lowest BCUT2D eigenvalue weighted by Crippen LogP contribution is -2.14. The van der Waals surface area contributed by atoms with Crippen LogP contribution in [0.5, 0.6) is 0 Å². The summed E-state index contributed by atoms with van der Waals surface area (Å²) in [6.07, 6.45) is 4.41. The van der Waals surface area contributed by atoms with E-state index in [0.717, 1.165) is 37.3 Å². The van der Waals surface area contributed by atoms with Gasteiger partial charge in [-0.15, -0.1) is 0 Å². The quantitative estimate of drug-likeness (QED) is 0.879. The van der Waals surface area contributed by atoms with Crippen molar-refractivity contribution >= 4 is 0 Å². The van der Waals surface area contributed by atoms with Crippen molar-refractivity contribution in [1.82, 2.24) is 9.55 Å². The number of rotatable bonds is 2. The van der Waals surface area contributed by atoms with E-state index in [1.807, 2.05) is 0 Å². The number of fused-ring (bicyclic) bond motifs is 1. The highest BCUT2D eigenvalue weighted by molar-refractivity contribution is 5.25. The van der Waals surface area contributed by atoms with Gasteiger partial charge in [0.15, 0.2) is 0 Å². The lowest BCUT2D eigenvalue weighted by atomic mass is 10.1. The summed E-state index contributed by atoms with van der Waals surface area (Å²) >= 11 is 0. The van der Waals surface area contributed by atoms with Crippen molar-refractivity contribution in [3.05, 3.63) is 53.1 Å². The van der Waals surface area contributed by atoms with Gasteiger partial charge in [0.1, 0.15) is 11.9 Å². The molecule has 18 heavy (non-hydrogen) atoms. The normalized spacial score (nSPS) is 18.7. The summed E-state index contributed by atoms with van der Waals surface area (Å²) in [7, 11) is 0. The summed E-state index contributed by atoms with van der Waals surface area (Å²) in [5.41, 5.74) is 3.60. The van der Waals surface area contributed by atoms with Gasteiger partial charge in [0, 0.05) is 19.2 Å². The Labute approximate surface area is 107 Å². The molecule has 0 saturated carbocycles. The molecule has 0 aliphatic carbocycles. The van der Waals surface area contributed by atoms with Crippen molar-refractivity contribution < 1.29 is 5.11 Å². The lowest BCUT2D eigenvalue weighted by molar-refractivity contribution is 0.133. The molecule has 1 aliphatic rings. The fraction of sp³-hybridized carbons (Fsp3) is 0.400. The number of aryl methyl sites for hydroxylation is 2. The molecule has 94 valence electrons. The number of imidazole rings is 1. The topological polar surface area (TPSA) is 38.0 Å². The molecule has 0 radical (unpaired) electrons. The van der Waals surface area contributed by atoms with E-state index in [-0.39, 0.29) is 6.10 Å². The molecular formula is C15H18N2O. The molecule has 1 unspecified atom stereocenters. The molecule has 3 nitrogen and oxygen atoms in total. The Morgan fingerprint density at radius 1 is 1.33 bits per heavy atom. The van der Waals surface area contributed by atoms with Gasteiger partial charge in [-0.2, -0.15) is 0 Å². The number of hydrogen-bond acceptors (Lipinski definition) is 2. The van der Waals surface area contributed by atoms with E-state index in [1.165, 1.54) is 11.1 Å². The van der Waals surface area contributed by atoms with Crippen LogP contribution in [0.4, 0.5) is 0 Å². The highest BCUT2D eigenvalue weighted by atomic mass is 16.3. The first-order valence-corrected chi connectivity index (χ1v) is 6.52. The van der Waals surface area contributed by atoms with Crippen molar-refractivity contribution in [3.8, 4) is 0 Å². The standard InChI is InChI=1S/C15H18N2O/c1-11-4-6-12(7-5-11)9-13-10-17-8-2-3-14(18)15(17)16-13/h4-7,10,14,18H,2-3,8-9H2,1H3. The third-order valence-electron chi connectivity index (χ3n) is 3.54. The molecule has 2 aromatic rings. The molecule has 0 bridgehead atoms. The molecule has 1 aromatic heterocycles. The first kappa shape index (κ1) is 11.5. The van der Waals surface area contributed by atoms with Crippen LogP contribution in [0.2, 0.25) is 0 Å². The van der Waals surface area contributed by atoms with Gasteiger partial charge in [-0.05, 0) is 25.3 Å². The minimum absolute atomic E-state index is 0.384. The Balaban J connectivity index is 1.83. The molecule has 0 fully saturated rings. The summed E-state index contributed by atoms with van der Waals surface area (Å²) in [5.74, 6) is 0.836. The fourth-order valence-electron chi connectivity index (χ4n) is 2.52. The number of benzene rings is 1. The molecule has 3 heteroatoms. The van der Waals surface area contributed by atoms with Crippen molar-refractivity contribution in [2.75, 3.05) is 0 Å². The third-order valence-corrected chi connectivity index (χ3v) is 3.54. The first-order chi connectivity index (χ1) is 8.72. The minimum Gasteiger partial charge on any atom is -0.385 e. The molecule has 1 aromatic carbocycles. The number of aliphatic hydroxyl groups is 1. The first-order valence-electron chi connectivity index (χ1n) is 6.52. The monoisotopic (exact) mass is 242 g/mol. The van der Waals surface area contributed by atoms with E-state index in [1.54, 1.807) is 0 Å². The predicted octanol–water partition coefficient (Wildman–Crippen LogP) is 2.61. The van der Waals surface area contributed by atoms with Gasteiger partial charge in [-0.1, -0.05) is 29.8 Å². The Morgan fingerprint density at radius 3 is 2.83 bits per heavy atom. The molecule has 1 atom stereocenters. The van der Waals surface area contributed by atoms with Crippen molar-refractivity contribution in [3.63, 3.8) is 0 Å². The molecule has 1 N–H and O–H groups in total. The van der Waals surface area contributed by atoms with Crippen LogP contribution in [-0.2, 0) is 13.0 Å². The Kier molecular flexibility index (Phi) is 2.92. The van der Waals surface area contributed by atoms with E-state index in [9.17, 15) is 5.11 Å². The van der Waals surface area contributed by atoms with Gasteiger partial charge in [-0.25, -0.2) is 4.98 Å². The number of aromatic nitrogens is 2. The van der Waals surface area contributed by atoms with Crippen LogP contribution in [0.25, 0.3) is 0 Å². The highest BCUT2D eigenvalue weighted by Gasteiger charge is 2.20. The molecule has 0 saturated heterocycles. The van der Waals surface area contributed by atoms with E-state index >= 15 is 0 Å². The summed E-state index contributed by atoms with van der Waals surface area (Å²) < 4.78 is 2.09. The van der Waals surface area contributed by atoms with Crippen LogP contribution in [0.15, 0.2) is 30.5 Å². The van der Waals surface area contributed by atoms with E-state index in [4.69, 9.17) is 0 Å². The Morgan fingerprint density at radius 2 is 2.11 bits per heavy atom. The maximum Gasteiger partial charge on any atom is 0.137 e. The number of aliphatic hydroxyl groups excluding tert-OH is 1. The van der Waals surface area contributed by atoms with Crippen molar-refractivity contribution in [1.29, 1.82) is 0 Å². The zero-order chi connectivity index (χ0) is 12.5. The molecular weight excluding hydrogens is 224 g/mol. The smallest absolute Gasteiger partial charge is 0.137 e. The van der Waals surface area contributed by atoms with E-state index in [2.05, 4.69) is 46.9 Å². The van der Waals surface area contributed by atoms with Crippen LogP contribution in [0.1, 0.15) is 41.6 Å². The van der Waals surface area contributed by atoms with Gasteiger partial charge in [0.2, 0.25) is 0 Å². The summed E-state index contributed by atoms with van der Waals surface area (Å²) in [4.78, 5) is 4.56. The van der Waals surface area contributed by atoms with Crippen molar-refractivity contribution in [2.24, 2.45) is 0 Å². The Bertz CT molecular complexity index is 542. The van der Waals surface area contributed by atoms with E-state index in [0.29, 0.717) is 0 Å². The summed E-state index contributed by atoms with van der Waals surface area (Å²) in [5, 5.41) is 9.89. The summed E-state index contributed by atoms with van der Waals surface area (Å²) in [6, 6.07) is 8.54. The second-order valence-corrected chi connectivity index (χ2v) is 5.10. The minimum atomic E-state index is -0.384. The van der Waals surface area contributed by atoms with Gasteiger partial charge in [0.05, 0.1) is 5.69 Å². The SMILES string of the molecule is Cc1ccc(Cc2cn3c(n2)C(O)CCC3)cc1. The van der Waals surface area contributed by atoms with Crippen LogP contribution < -0.4 is 0 Å². The third kappa shape index (κ3) is 2.18. The van der Waals surface area contributed by atoms with Crippen LogP contribution in [-0.4, -0.2) is 14.7 Å². The van der Waals surface area contributed by atoms with Crippen LogP contribution >= 0.6 is 0 Å². The zero-order valence-electron chi connectivity index (χ0n) is 10.6. The molecule has 3 rings (SSSR count). The highest BCUT2D eigenvalue weighted by Crippen LogP contribution is 2.24. The van der Waals surface area contributed by atoms with Gasteiger partial charge >= 0.3 is 0 Å². The number of hydrogen-bond donors (Lipinski definition) is 1. The predicted molar refractivity (Wildman–Crippen MR) is 70.4 cm³/mol. The van der Waals surface area contributed by atoms with Crippen LogP contribution in [0.3, 0.4) is 0 Å².